The van der Waals surface area contributed by atoms with Crippen LogP contribution < -0.4 is 0 Å². The monoisotopic (exact) mass is 378 g/mol. The second-order valence-corrected chi connectivity index (χ2v) is 7.06. The fraction of sp³-hybridized carbons (Fsp3) is 0.182. The molecule has 3 aromatic carbocycles. The lowest BCUT2D eigenvalue weighted by Crippen LogP contribution is -2.50. The quantitative estimate of drug-likeness (QED) is 0.673. The summed E-state index contributed by atoms with van der Waals surface area (Å²) in [6.45, 7) is 2.08. The van der Waals surface area contributed by atoms with E-state index >= 15 is 0 Å². The topological polar surface area (TPSA) is 40.6 Å². The van der Waals surface area contributed by atoms with Gasteiger partial charge in [-0.2, -0.15) is 0 Å². The van der Waals surface area contributed by atoms with Crippen molar-refractivity contribution in [1.29, 1.82) is 0 Å². The van der Waals surface area contributed by atoms with Gasteiger partial charge in [-0.3, -0.25) is 9.59 Å². The molecular formula is C22H19ClN2O2. The van der Waals surface area contributed by atoms with Gasteiger partial charge in [-0.15, -0.1) is 0 Å². The van der Waals surface area contributed by atoms with Gasteiger partial charge in [0.15, 0.2) is 0 Å². The van der Waals surface area contributed by atoms with Crippen LogP contribution in [0.1, 0.15) is 20.7 Å². The Balaban J connectivity index is 1.47. The number of amides is 2. The van der Waals surface area contributed by atoms with Crippen molar-refractivity contribution in [2.45, 2.75) is 0 Å². The minimum Gasteiger partial charge on any atom is -0.335 e. The highest BCUT2D eigenvalue weighted by Gasteiger charge is 2.26. The van der Waals surface area contributed by atoms with E-state index in [4.69, 9.17) is 11.6 Å². The van der Waals surface area contributed by atoms with Gasteiger partial charge in [0, 0.05) is 42.3 Å². The van der Waals surface area contributed by atoms with Crippen LogP contribution in [0.2, 0.25) is 5.02 Å². The molecule has 0 unspecified atom stereocenters. The standard InChI is InChI=1S/C22H19ClN2O2/c23-18-8-3-7-17(15-18)21(26)24-11-13-25(14-12-24)22(27)20-10-4-6-16-5-1-2-9-19(16)20/h1-10,15H,11-14H2. The Bertz CT molecular complexity index is 1000. The predicted octanol–water partition coefficient (Wildman–Crippen LogP) is 4.09. The molecule has 0 atom stereocenters. The second kappa shape index (κ2) is 7.41. The molecule has 0 aromatic heterocycles. The molecule has 2 amide bonds. The first kappa shape index (κ1) is 17.6. The lowest BCUT2D eigenvalue weighted by atomic mass is 10.0. The summed E-state index contributed by atoms with van der Waals surface area (Å²) in [7, 11) is 0. The van der Waals surface area contributed by atoms with E-state index in [1.165, 1.54) is 0 Å². The summed E-state index contributed by atoms with van der Waals surface area (Å²) in [6, 6.07) is 20.7. The van der Waals surface area contributed by atoms with E-state index in [0.717, 1.165) is 10.8 Å². The number of halogens is 1. The first-order chi connectivity index (χ1) is 13.1. The molecule has 1 saturated heterocycles. The molecule has 4 nitrogen and oxygen atoms in total. The van der Waals surface area contributed by atoms with Crippen LogP contribution in [-0.4, -0.2) is 47.8 Å². The average Bonchev–Trinajstić information content (AvgIpc) is 2.72. The lowest BCUT2D eigenvalue weighted by Gasteiger charge is -2.35. The molecule has 0 spiro atoms. The Morgan fingerprint density at radius 1 is 0.741 bits per heavy atom. The maximum atomic E-state index is 13.0. The van der Waals surface area contributed by atoms with Gasteiger partial charge in [-0.25, -0.2) is 0 Å². The number of hydrogen-bond acceptors (Lipinski definition) is 2. The SMILES string of the molecule is O=C(c1cccc(Cl)c1)N1CCN(C(=O)c2cccc3ccccc23)CC1. The molecule has 0 saturated carbocycles. The van der Waals surface area contributed by atoms with Gasteiger partial charge in [0.1, 0.15) is 0 Å². The average molecular weight is 379 g/mol. The second-order valence-electron chi connectivity index (χ2n) is 6.62. The summed E-state index contributed by atoms with van der Waals surface area (Å²) >= 11 is 5.98. The zero-order valence-corrected chi connectivity index (χ0v) is 15.5. The van der Waals surface area contributed by atoms with Crippen molar-refractivity contribution < 1.29 is 9.59 Å². The molecule has 1 aliphatic heterocycles. The number of piperazine rings is 1. The Morgan fingerprint density at radius 3 is 2.11 bits per heavy atom. The highest BCUT2D eigenvalue weighted by Crippen LogP contribution is 2.21. The minimum absolute atomic E-state index is 0.0154. The van der Waals surface area contributed by atoms with Crippen molar-refractivity contribution in [2.24, 2.45) is 0 Å². The van der Waals surface area contributed by atoms with Crippen molar-refractivity contribution in [1.82, 2.24) is 9.80 Å². The van der Waals surface area contributed by atoms with Gasteiger partial charge in [-0.1, -0.05) is 54.1 Å². The molecular weight excluding hydrogens is 360 g/mol. The molecule has 136 valence electrons. The number of fused-ring (bicyclic) bond motifs is 1. The zero-order valence-electron chi connectivity index (χ0n) is 14.8. The normalized spacial score (nSPS) is 14.4. The molecule has 0 bridgehead atoms. The molecule has 1 heterocycles. The molecule has 1 fully saturated rings. The van der Waals surface area contributed by atoms with Crippen LogP contribution in [0.15, 0.2) is 66.7 Å². The largest absolute Gasteiger partial charge is 0.335 e. The molecule has 3 aromatic rings. The summed E-state index contributed by atoms with van der Waals surface area (Å²) in [5.74, 6) is -0.0311. The van der Waals surface area contributed by atoms with Gasteiger partial charge in [0.05, 0.1) is 0 Å². The van der Waals surface area contributed by atoms with E-state index < -0.39 is 0 Å². The molecule has 1 aliphatic rings. The third-order valence-electron chi connectivity index (χ3n) is 4.95. The molecule has 27 heavy (non-hydrogen) atoms. The van der Waals surface area contributed by atoms with Crippen molar-refractivity contribution in [3.05, 3.63) is 82.9 Å². The van der Waals surface area contributed by atoms with E-state index in [-0.39, 0.29) is 11.8 Å². The van der Waals surface area contributed by atoms with Crippen molar-refractivity contribution in [3.8, 4) is 0 Å². The van der Waals surface area contributed by atoms with Crippen LogP contribution in [0.3, 0.4) is 0 Å². The Labute approximate surface area is 162 Å². The Hall–Kier alpha value is -2.85. The Morgan fingerprint density at radius 2 is 1.37 bits per heavy atom. The summed E-state index contributed by atoms with van der Waals surface area (Å²) < 4.78 is 0. The van der Waals surface area contributed by atoms with Gasteiger partial charge >= 0.3 is 0 Å². The van der Waals surface area contributed by atoms with Crippen molar-refractivity contribution >= 4 is 34.2 Å². The van der Waals surface area contributed by atoms with Gasteiger partial charge in [0.2, 0.25) is 0 Å². The van der Waals surface area contributed by atoms with E-state index in [1.54, 1.807) is 29.2 Å². The van der Waals surface area contributed by atoms with E-state index in [1.807, 2.05) is 47.4 Å². The summed E-state index contributed by atoms with van der Waals surface area (Å²) in [5, 5.41) is 2.56. The number of benzene rings is 3. The first-order valence-electron chi connectivity index (χ1n) is 8.95. The Kier molecular flexibility index (Phi) is 4.82. The van der Waals surface area contributed by atoms with Crippen molar-refractivity contribution in [2.75, 3.05) is 26.2 Å². The third kappa shape index (κ3) is 3.53. The fourth-order valence-corrected chi connectivity index (χ4v) is 3.69. The minimum atomic E-state index is -0.0465. The number of hydrogen-bond donors (Lipinski definition) is 0. The van der Waals surface area contributed by atoms with Crippen LogP contribution in [0.5, 0.6) is 0 Å². The van der Waals surface area contributed by atoms with E-state index in [2.05, 4.69) is 0 Å². The van der Waals surface area contributed by atoms with Gasteiger partial charge in [-0.05, 0) is 35.0 Å². The van der Waals surface area contributed by atoms with E-state index in [9.17, 15) is 9.59 Å². The maximum absolute atomic E-state index is 13.0. The third-order valence-corrected chi connectivity index (χ3v) is 5.18. The molecule has 5 heteroatoms. The number of carbonyl (C=O) groups is 2. The maximum Gasteiger partial charge on any atom is 0.254 e. The number of rotatable bonds is 2. The van der Waals surface area contributed by atoms with Gasteiger partial charge < -0.3 is 9.80 Å². The predicted molar refractivity (Wildman–Crippen MR) is 107 cm³/mol. The molecule has 0 N–H and O–H groups in total. The van der Waals surface area contributed by atoms with Crippen LogP contribution in [0, 0.1) is 0 Å². The smallest absolute Gasteiger partial charge is 0.254 e. The van der Waals surface area contributed by atoms with Crippen LogP contribution in [-0.2, 0) is 0 Å². The summed E-state index contributed by atoms with van der Waals surface area (Å²) in [5.41, 5.74) is 1.29. The number of carbonyl (C=O) groups excluding carboxylic acids is 2. The fourth-order valence-electron chi connectivity index (χ4n) is 3.50. The van der Waals surface area contributed by atoms with Crippen LogP contribution in [0.25, 0.3) is 10.8 Å². The van der Waals surface area contributed by atoms with Crippen molar-refractivity contribution in [3.63, 3.8) is 0 Å². The van der Waals surface area contributed by atoms with E-state index in [0.29, 0.717) is 42.3 Å². The van der Waals surface area contributed by atoms with Crippen LogP contribution >= 0.6 is 11.6 Å². The highest BCUT2D eigenvalue weighted by atomic mass is 35.5. The number of nitrogens with zero attached hydrogens (tertiary/aromatic N) is 2. The summed E-state index contributed by atoms with van der Waals surface area (Å²) in [6.07, 6.45) is 0. The molecule has 0 radical (unpaired) electrons. The van der Waals surface area contributed by atoms with Gasteiger partial charge in [0.25, 0.3) is 11.8 Å². The molecule has 4 rings (SSSR count). The molecule has 0 aliphatic carbocycles. The van der Waals surface area contributed by atoms with Crippen LogP contribution in [0.4, 0.5) is 0 Å². The summed E-state index contributed by atoms with van der Waals surface area (Å²) in [4.78, 5) is 29.2. The highest BCUT2D eigenvalue weighted by molar-refractivity contribution is 6.31. The first-order valence-corrected chi connectivity index (χ1v) is 9.33. The zero-order chi connectivity index (χ0) is 18.8. The lowest BCUT2D eigenvalue weighted by molar-refractivity contribution is 0.0536.